The van der Waals surface area contributed by atoms with Gasteiger partial charge in [0.1, 0.15) is 0 Å². The van der Waals surface area contributed by atoms with Gasteiger partial charge >= 0.3 is 0 Å². The molecule has 0 aromatic carbocycles. The Kier molecular flexibility index (Phi) is 9.36. The fourth-order valence-electron chi connectivity index (χ4n) is 2.01. The van der Waals surface area contributed by atoms with Gasteiger partial charge in [-0.05, 0) is 19.1 Å². The minimum absolute atomic E-state index is 0. The van der Waals surface area contributed by atoms with Gasteiger partial charge in [0, 0.05) is 25.3 Å². The third kappa shape index (κ3) is 5.28. The Labute approximate surface area is 143 Å². The van der Waals surface area contributed by atoms with Crippen LogP contribution in [0.15, 0.2) is 18.3 Å². The van der Waals surface area contributed by atoms with E-state index in [2.05, 4.69) is 15.2 Å². The first-order chi connectivity index (χ1) is 9.59. The Bertz CT molecular complexity index is 468. The van der Waals surface area contributed by atoms with Crippen molar-refractivity contribution in [2.24, 2.45) is 11.7 Å². The third-order valence-corrected chi connectivity index (χ3v) is 3.56. The van der Waals surface area contributed by atoms with Crippen LogP contribution in [0.1, 0.15) is 13.8 Å². The number of carbonyl (C=O) groups is 1. The number of morpholine rings is 1. The molecule has 2 unspecified atom stereocenters. The molecule has 0 saturated carbocycles. The number of aromatic nitrogens is 1. The molecule has 1 saturated heterocycles. The Morgan fingerprint density at radius 3 is 2.59 bits per heavy atom. The monoisotopic (exact) mass is 350 g/mol. The van der Waals surface area contributed by atoms with Gasteiger partial charge in [-0.25, -0.2) is 4.98 Å². The average molecular weight is 351 g/mol. The number of hydrogen-bond acceptors (Lipinski definition) is 5. The average Bonchev–Trinajstić information content (AvgIpc) is 2.47. The summed E-state index contributed by atoms with van der Waals surface area (Å²) in [5.41, 5.74) is 6.50. The molecule has 1 amide bonds. The quantitative estimate of drug-likeness (QED) is 0.863. The molecule has 1 aromatic rings. The van der Waals surface area contributed by atoms with Gasteiger partial charge in [0.15, 0.2) is 5.82 Å². The van der Waals surface area contributed by atoms with Crippen molar-refractivity contribution in [2.75, 3.05) is 36.5 Å². The summed E-state index contributed by atoms with van der Waals surface area (Å²) < 4.78 is 5.34. The van der Waals surface area contributed by atoms with Crippen molar-refractivity contribution in [3.8, 4) is 0 Å². The molecule has 1 aromatic heterocycles. The third-order valence-electron chi connectivity index (χ3n) is 3.56. The highest BCUT2D eigenvalue weighted by Gasteiger charge is 2.21. The van der Waals surface area contributed by atoms with Crippen molar-refractivity contribution >= 4 is 42.2 Å². The summed E-state index contributed by atoms with van der Waals surface area (Å²) in [4.78, 5) is 18.6. The smallest absolute Gasteiger partial charge is 0.228 e. The van der Waals surface area contributed by atoms with Crippen LogP contribution in [0.4, 0.5) is 11.5 Å². The van der Waals surface area contributed by atoms with E-state index in [1.54, 1.807) is 6.20 Å². The summed E-state index contributed by atoms with van der Waals surface area (Å²) in [6.45, 7) is 6.58. The Hall–Kier alpha value is -1.08. The van der Waals surface area contributed by atoms with Gasteiger partial charge in [0.05, 0.1) is 24.8 Å². The van der Waals surface area contributed by atoms with E-state index in [0.29, 0.717) is 13.2 Å². The van der Waals surface area contributed by atoms with Crippen LogP contribution in [0.25, 0.3) is 0 Å². The molecule has 8 heteroatoms. The molecule has 0 bridgehead atoms. The minimum Gasteiger partial charge on any atom is -0.378 e. The molecular weight excluding hydrogens is 327 g/mol. The van der Waals surface area contributed by atoms with Gasteiger partial charge in [-0.15, -0.1) is 24.8 Å². The lowest BCUT2D eigenvalue weighted by atomic mass is 10.0. The molecule has 2 atom stereocenters. The zero-order valence-corrected chi connectivity index (χ0v) is 14.5. The molecule has 2 heterocycles. The van der Waals surface area contributed by atoms with E-state index in [0.717, 1.165) is 24.6 Å². The van der Waals surface area contributed by atoms with E-state index in [1.165, 1.54) is 0 Å². The second-order valence-corrected chi connectivity index (χ2v) is 5.11. The molecule has 1 aliphatic heterocycles. The van der Waals surface area contributed by atoms with Crippen LogP contribution in [-0.2, 0) is 9.53 Å². The van der Waals surface area contributed by atoms with Crippen LogP contribution in [-0.4, -0.2) is 43.2 Å². The number of anilines is 2. The summed E-state index contributed by atoms with van der Waals surface area (Å²) in [6, 6.07) is 3.50. The summed E-state index contributed by atoms with van der Waals surface area (Å²) >= 11 is 0. The largest absolute Gasteiger partial charge is 0.378 e. The zero-order chi connectivity index (χ0) is 14.5. The molecule has 1 fully saturated rings. The van der Waals surface area contributed by atoms with Crippen molar-refractivity contribution in [1.82, 2.24) is 4.98 Å². The number of nitrogens with one attached hydrogen (secondary N) is 1. The fraction of sp³-hybridized carbons (Fsp3) is 0.571. The van der Waals surface area contributed by atoms with Crippen molar-refractivity contribution in [3.05, 3.63) is 18.3 Å². The first kappa shape index (κ1) is 20.9. The number of halogens is 2. The first-order valence-corrected chi connectivity index (χ1v) is 6.93. The SMILES string of the molecule is CC(N)C(C)C(=O)Nc1cccnc1N1CCOCC1.Cl.Cl. The molecule has 1 aliphatic rings. The number of ether oxygens (including phenoxy) is 1. The number of hydrogen-bond donors (Lipinski definition) is 2. The maximum Gasteiger partial charge on any atom is 0.228 e. The molecule has 0 aliphatic carbocycles. The Morgan fingerprint density at radius 1 is 1.36 bits per heavy atom. The Morgan fingerprint density at radius 2 is 2.00 bits per heavy atom. The summed E-state index contributed by atoms with van der Waals surface area (Å²) in [5.74, 6) is 0.469. The molecule has 0 radical (unpaired) electrons. The highest BCUT2D eigenvalue weighted by molar-refractivity contribution is 5.95. The van der Waals surface area contributed by atoms with Crippen LogP contribution in [0, 0.1) is 5.92 Å². The zero-order valence-electron chi connectivity index (χ0n) is 12.8. The van der Waals surface area contributed by atoms with Gasteiger partial charge in [0.25, 0.3) is 0 Å². The topological polar surface area (TPSA) is 80.5 Å². The lowest BCUT2D eigenvalue weighted by Crippen LogP contribution is -2.38. The van der Waals surface area contributed by atoms with E-state index in [9.17, 15) is 4.79 Å². The van der Waals surface area contributed by atoms with Gasteiger partial charge in [-0.3, -0.25) is 4.79 Å². The summed E-state index contributed by atoms with van der Waals surface area (Å²) in [7, 11) is 0. The molecule has 22 heavy (non-hydrogen) atoms. The van der Waals surface area contributed by atoms with Crippen LogP contribution < -0.4 is 16.0 Å². The van der Waals surface area contributed by atoms with Gasteiger partial charge in [-0.1, -0.05) is 6.92 Å². The predicted octanol–water partition coefficient (Wildman–Crippen LogP) is 1.68. The number of nitrogens with two attached hydrogens (primary N) is 1. The second-order valence-electron chi connectivity index (χ2n) is 5.11. The van der Waals surface area contributed by atoms with Crippen molar-refractivity contribution in [3.63, 3.8) is 0 Å². The lowest BCUT2D eigenvalue weighted by Gasteiger charge is -2.29. The van der Waals surface area contributed by atoms with Crippen LogP contribution >= 0.6 is 24.8 Å². The normalized spacial score (nSPS) is 16.8. The standard InChI is InChI=1S/C14H22N4O2.2ClH/c1-10(11(2)15)14(19)17-12-4-3-5-16-13(12)18-6-8-20-9-7-18;;/h3-5,10-11H,6-9,15H2,1-2H3,(H,17,19);2*1H. The van der Waals surface area contributed by atoms with Crippen molar-refractivity contribution in [1.29, 1.82) is 0 Å². The van der Waals surface area contributed by atoms with E-state index in [4.69, 9.17) is 10.5 Å². The highest BCUT2D eigenvalue weighted by atomic mass is 35.5. The number of rotatable bonds is 4. The maximum absolute atomic E-state index is 12.1. The minimum atomic E-state index is -0.243. The Balaban J connectivity index is 0.00000220. The van der Waals surface area contributed by atoms with Gasteiger partial charge < -0.3 is 20.7 Å². The molecule has 126 valence electrons. The molecule has 0 spiro atoms. The molecule has 2 rings (SSSR count). The molecular formula is C14H24Cl2N4O2. The predicted molar refractivity (Wildman–Crippen MR) is 93.2 cm³/mol. The van der Waals surface area contributed by atoms with Gasteiger partial charge in [-0.2, -0.15) is 0 Å². The first-order valence-electron chi connectivity index (χ1n) is 6.93. The van der Waals surface area contributed by atoms with E-state index in [1.807, 2.05) is 26.0 Å². The fourth-order valence-corrected chi connectivity index (χ4v) is 2.01. The van der Waals surface area contributed by atoms with Crippen LogP contribution in [0.2, 0.25) is 0 Å². The molecule has 6 nitrogen and oxygen atoms in total. The summed E-state index contributed by atoms with van der Waals surface area (Å²) in [6.07, 6.45) is 1.73. The maximum atomic E-state index is 12.1. The van der Waals surface area contributed by atoms with Gasteiger partial charge in [0.2, 0.25) is 5.91 Å². The van der Waals surface area contributed by atoms with Crippen molar-refractivity contribution in [2.45, 2.75) is 19.9 Å². The second kappa shape index (κ2) is 9.84. The number of pyridine rings is 1. The van der Waals surface area contributed by atoms with E-state index < -0.39 is 0 Å². The number of amides is 1. The molecule has 3 N–H and O–H groups in total. The number of nitrogens with zero attached hydrogens (tertiary/aromatic N) is 2. The highest BCUT2D eigenvalue weighted by Crippen LogP contribution is 2.24. The van der Waals surface area contributed by atoms with E-state index >= 15 is 0 Å². The lowest BCUT2D eigenvalue weighted by molar-refractivity contribution is -0.119. The number of carbonyl (C=O) groups excluding carboxylic acids is 1. The van der Waals surface area contributed by atoms with Crippen molar-refractivity contribution < 1.29 is 9.53 Å². The van der Waals surface area contributed by atoms with E-state index in [-0.39, 0.29) is 42.7 Å². The van der Waals surface area contributed by atoms with Crippen LogP contribution in [0.5, 0.6) is 0 Å². The summed E-state index contributed by atoms with van der Waals surface area (Å²) in [5, 5.41) is 2.93. The van der Waals surface area contributed by atoms with Crippen LogP contribution in [0.3, 0.4) is 0 Å².